The van der Waals surface area contributed by atoms with E-state index in [1.807, 2.05) is 43.5 Å². The number of morpholine rings is 1. The predicted octanol–water partition coefficient (Wildman–Crippen LogP) is 3.74. The van der Waals surface area contributed by atoms with Crippen molar-refractivity contribution in [1.82, 2.24) is 15.0 Å². The Morgan fingerprint density at radius 2 is 1.94 bits per heavy atom. The Balaban J connectivity index is 1.52. The molecule has 0 aliphatic carbocycles. The van der Waals surface area contributed by atoms with Crippen molar-refractivity contribution in [3.05, 3.63) is 60.0 Å². The summed E-state index contributed by atoms with van der Waals surface area (Å²) < 4.78 is 10.9. The van der Waals surface area contributed by atoms with Gasteiger partial charge in [-0.15, -0.1) is 0 Å². The Bertz CT molecular complexity index is 1020. The van der Waals surface area contributed by atoms with E-state index in [-0.39, 0.29) is 6.04 Å². The van der Waals surface area contributed by atoms with Gasteiger partial charge in [-0.1, -0.05) is 18.2 Å². The third kappa shape index (κ3) is 5.30. The second-order valence-electron chi connectivity index (χ2n) is 7.75. The van der Waals surface area contributed by atoms with E-state index >= 15 is 0 Å². The van der Waals surface area contributed by atoms with Crippen molar-refractivity contribution in [1.29, 1.82) is 0 Å². The van der Waals surface area contributed by atoms with Crippen molar-refractivity contribution >= 4 is 11.6 Å². The van der Waals surface area contributed by atoms with Crippen LogP contribution in [0.5, 0.6) is 5.75 Å². The fourth-order valence-electron chi connectivity index (χ4n) is 3.84. The molecule has 4 rings (SSSR count). The molecule has 7 heteroatoms. The van der Waals surface area contributed by atoms with Gasteiger partial charge in [-0.05, 0) is 44.0 Å². The quantitative estimate of drug-likeness (QED) is 0.625. The van der Waals surface area contributed by atoms with Crippen molar-refractivity contribution in [2.45, 2.75) is 26.3 Å². The molecule has 0 unspecified atom stereocenters. The van der Waals surface area contributed by atoms with Crippen LogP contribution in [0.4, 0.5) is 11.6 Å². The summed E-state index contributed by atoms with van der Waals surface area (Å²) in [6.45, 7) is 7.24. The molecule has 0 saturated carbocycles. The van der Waals surface area contributed by atoms with Gasteiger partial charge in [-0.3, -0.25) is 0 Å². The lowest BCUT2D eigenvalue weighted by Gasteiger charge is -2.28. The van der Waals surface area contributed by atoms with Gasteiger partial charge < -0.3 is 19.7 Å². The van der Waals surface area contributed by atoms with Gasteiger partial charge in [0.15, 0.2) is 0 Å². The average Bonchev–Trinajstić information content (AvgIpc) is 2.79. The van der Waals surface area contributed by atoms with Crippen molar-refractivity contribution in [2.24, 2.45) is 0 Å². The van der Waals surface area contributed by atoms with E-state index in [2.05, 4.69) is 44.2 Å². The van der Waals surface area contributed by atoms with E-state index in [9.17, 15) is 0 Å². The first-order chi connectivity index (χ1) is 15.1. The van der Waals surface area contributed by atoms with E-state index in [1.54, 1.807) is 7.11 Å². The number of methoxy groups -OCH3 is 1. The van der Waals surface area contributed by atoms with Crippen LogP contribution in [0, 0.1) is 6.92 Å². The first kappa shape index (κ1) is 21.1. The number of nitrogens with one attached hydrogen (secondary N) is 1. The Kier molecular flexibility index (Phi) is 6.62. The molecule has 0 bridgehead atoms. The number of pyridine rings is 1. The van der Waals surface area contributed by atoms with Crippen LogP contribution in [-0.4, -0.2) is 54.4 Å². The average molecular weight is 420 g/mol. The maximum atomic E-state index is 5.48. The first-order valence-corrected chi connectivity index (χ1v) is 10.7. The number of hydrogen-bond acceptors (Lipinski definition) is 7. The molecule has 1 N–H and O–H groups in total. The fraction of sp³-hybridized carbons (Fsp3) is 0.375. The largest absolute Gasteiger partial charge is 0.496 e. The van der Waals surface area contributed by atoms with Crippen molar-refractivity contribution < 1.29 is 9.47 Å². The lowest BCUT2D eigenvalue weighted by atomic mass is 10.1. The minimum atomic E-state index is 0.180. The summed E-state index contributed by atoms with van der Waals surface area (Å²) in [7, 11) is 1.71. The summed E-state index contributed by atoms with van der Waals surface area (Å²) in [5.74, 6) is 3.41. The minimum absolute atomic E-state index is 0.180. The third-order valence-corrected chi connectivity index (χ3v) is 5.33. The number of anilines is 2. The molecule has 1 aromatic carbocycles. The zero-order valence-electron chi connectivity index (χ0n) is 18.3. The van der Waals surface area contributed by atoms with Crippen molar-refractivity contribution in [3.8, 4) is 17.0 Å². The smallest absolute Gasteiger partial charge is 0.130 e. The lowest BCUT2D eigenvalue weighted by Crippen LogP contribution is -2.36. The van der Waals surface area contributed by atoms with Crippen LogP contribution in [0.1, 0.15) is 18.3 Å². The van der Waals surface area contributed by atoms with E-state index in [0.29, 0.717) is 0 Å². The molecule has 162 valence electrons. The molecule has 1 atom stereocenters. The van der Waals surface area contributed by atoms with Gasteiger partial charge in [-0.2, -0.15) is 0 Å². The highest BCUT2D eigenvalue weighted by Gasteiger charge is 2.15. The lowest BCUT2D eigenvalue weighted by molar-refractivity contribution is 0.122. The van der Waals surface area contributed by atoms with E-state index in [0.717, 1.165) is 67.2 Å². The summed E-state index contributed by atoms with van der Waals surface area (Å²) in [6, 6.07) is 14.4. The van der Waals surface area contributed by atoms with Crippen LogP contribution in [0.2, 0.25) is 0 Å². The molecule has 31 heavy (non-hydrogen) atoms. The first-order valence-electron chi connectivity index (χ1n) is 10.7. The van der Waals surface area contributed by atoms with E-state index < -0.39 is 0 Å². The molecule has 1 aliphatic rings. The molecule has 1 fully saturated rings. The number of aromatic nitrogens is 3. The molecule has 0 radical (unpaired) electrons. The van der Waals surface area contributed by atoms with Gasteiger partial charge in [0.25, 0.3) is 0 Å². The predicted molar refractivity (Wildman–Crippen MR) is 123 cm³/mol. The number of nitrogens with zero attached hydrogens (tertiary/aromatic N) is 4. The van der Waals surface area contributed by atoms with Crippen molar-refractivity contribution in [3.63, 3.8) is 0 Å². The molecule has 2 aromatic heterocycles. The maximum Gasteiger partial charge on any atom is 0.130 e. The molecule has 1 aliphatic heterocycles. The SMILES string of the molecule is COc1ccccc1C[C@@H](C)Nc1cc(-c2ccnc(N3CCOCC3)c2)nc(C)n1. The highest BCUT2D eigenvalue weighted by atomic mass is 16.5. The van der Waals surface area contributed by atoms with Gasteiger partial charge in [0, 0.05) is 37.0 Å². The molecular weight excluding hydrogens is 390 g/mol. The van der Waals surface area contributed by atoms with Gasteiger partial charge in [-0.25, -0.2) is 15.0 Å². The summed E-state index contributed by atoms with van der Waals surface area (Å²) >= 11 is 0. The number of aryl methyl sites for hydroxylation is 1. The topological polar surface area (TPSA) is 72.4 Å². The molecule has 7 nitrogen and oxygen atoms in total. The van der Waals surface area contributed by atoms with Crippen LogP contribution in [0.25, 0.3) is 11.3 Å². The van der Waals surface area contributed by atoms with Crippen LogP contribution >= 0.6 is 0 Å². The number of benzene rings is 1. The van der Waals surface area contributed by atoms with E-state index in [1.165, 1.54) is 5.56 Å². The molecule has 3 aromatic rings. The fourth-order valence-corrected chi connectivity index (χ4v) is 3.84. The number of para-hydroxylation sites is 1. The van der Waals surface area contributed by atoms with Gasteiger partial charge in [0.2, 0.25) is 0 Å². The molecule has 3 heterocycles. The number of rotatable bonds is 7. The van der Waals surface area contributed by atoms with Gasteiger partial charge in [0.05, 0.1) is 26.0 Å². The summed E-state index contributed by atoms with van der Waals surface area (Å²) in [5, 5.41) is 3.52. The summed E-state index contributed by atoms with van der Waals surface area (Å²) in [4.78, 5) is 16.1. The Morgan fingerprint density at radius 1 is 1.13 bits per heavy atom. The summed E-state index contributed by atoms with van der Waals surface area (Å²) in [5.41, 5.74) is 3.08. The Morgan fingerprint density at radius 3 is 2.74 bits per heavy atom. The van der Waals surface area contributed by atoms with E-state index in [4.69, 9.17) is 9.47 Å². The summed E-state index contributed by atoms with van der Waals surface area (Å²) in [6.07, 6.45) is 2.67. The zero-order chi connectivity index (χ0) is 21.6. The Labute approximate surface area is 183 Å². The molecule has 0 spiro atoms. The second-order valence-corrected chi connectivity index (χ2v) is 7.75. The van der Waals surface area contributed by atoms with Gasteiger partial charge in [0.1, 0.15) is 23.2 Å². The minimum Gasteiger partial charge on any atom is -0.496 e. The zero-order valence-corrected chi connectivity index (χ0v) is 18.3. The van der Waals surface area contributed by atoms with Crippen LogP contribution in [0.15, 0.2) is 48.7 Å². The van der Waals surface area contributed by atoms with Crippen molar-refractivity contribution in [2.75, 3.05) is 43.6 Å². The molecule has 1 saturated heterocycles. The Hall–Kier alpha value is -3.19. The standard InChI is InChI=1S/C24H29N5O2/c1-17(14-20-6-4-5-7-22(20)30-3)26-23-16-21(27-18(2)28-23)19-8-9-25-24(15-19)29-10-12-31-13-11-29/h4-9,15-17H,10-14H2,1-3H3,(H,26,27,28)/t17-/m1/s1. The maximum absolute atomic E-state index is 5.48. The number of ether oxygens (including phenoxy) is 2. The number of hydrogen-bond donors (Lipinski definition) is 1. The second kappa shape index (κ2) is 9.75. The van der Waals surface area contributed by atoms with Crippen LogP contribution < -0.4 is 15.0 Å². The monoisotopic (exact) mass is 419 g/mol. The van der Waals surface area contributed by atoms with Crippen LogP contribution in [-0.2, 0) is 11.2 Å². The third-order valence-electron chi connectivity index (χ3n) is 5.33. The highest BCUT2D eigenvalue weighted by Crippen LogP contribution is 2.25. The normalized spacial score (nSPS) is 14.9. The van der Waals surface area contributed by atoms with Gasteiger partial charge >= 0.3 is 0 Å². The van der Waals surface area contributed by atoms with Crippen LogP contribution in [0.3, 0.4) is 0 Å². The molecule has 0 amide bonds. The highest BCUT2D eigenvalue weighted by molar-refractivity contribution is 5.66. The molecular formula is C24H29N5O2.